The van der Waals surface area contributed by atoms with Crippen LogP contribution in [0.4, 0.5) is 0 Å². The molecule has 0 aliphatic carbocycles. The summed E-state index contributed by atoms with van der Waals surface area (Å²) in [5.41, 5.74) is 1.57. The van der Waals surface area contributed by atoms with Crippen LogP contribution in [0.3, 0.4) is 0 Å². The van der Waals surface area contributed by atoms with Crippen molar-refractivity contribution in [3.63, 3.8) is 0 Å². The lowest BCUT2D eigenvalue weighted by molar-refractivity contribution is -0.337. The monoisotopic (exact) mass is 309 g/mol. The molecule has 0 radical (unpaired) electrons. The standard InChI is InChI=1S/C19H19NO3/c1-15(2)13-18(14-20)21-19(23-22-18,16-9-5-3-6-10-16)17-11-7-4-8-12-17/h3-12,15H,13H2,1-2H3. The molecule has 2 aromatic carbocycles. The van der Waals surface area contributed by atoms with E-state index in [9.17, 15) is 5.26 Å². The molecule has 2 aromatic rings. The molecule has 4 heteroatoms. The Labute approximate surface area is 136 Å². The van der Waals surface area contributed by atoms with Gasteiger partial charge >= 0.3 is 0 Å². The first-order valence-corrected chi connectivity index (χ1v) is 7.69. The highest BCUT2D eigenvalue weighted by atomic mass is 17.3. The Morgan fingerprint density at radius 2 is 1.43 bits per heavy atom. The van der Waals surface area contributed by atoms with Gasteiger partial charge in [0, 0.05) is 17.5 Å². The number of hydrogen-bond donors (Lipinski definition) is 0. The Morgan fingerprint density at radius 1 is 0.913 bits per heavy atom. The second-order valence-electron chi connectivity index (χ2n) is 6.08. The summed E-state index contributed by atoms with van der Waals surface area (Å²) in [6.45, 7) is 4.02. The van der Waals surface area contributed by atoms with Crippen LogP contribution in [0.15, 0.2) is 60.7 Å². The predicted octanol–water partition coefficient (Wildman–Crippen LogP) is 4.13. The molecule has 1 fully saturated rings. The minimum absolute atomic E-state index is 0.223. The fraction of sp³-hybridized carbons (Fsp3) is 0.316. The van der Waals surface area contributed by atoms with Crippen LogP contribution >= 0.6 is 0 Å². The predicted molar refractivity (Wildman–Crippen MR) is 84.7 cm³/mol. The van der Waals surface area contributed by atoms with Crippen LogP contribution in [0.2, 0.25) is 0 Å². The van der Waals surface area contributed by atoms with Gasteiger partial charge in [0.15, 0.2) is 0 Å². The quantitative estimate of drug-likeness (QED) is 0.797. The Kier molecular flexibility index (Phi) is 4.18. The van der Waals surface area contributed by atoms with Gasteiger partial charge in [-0.2, -0.15) is 15.0 Å². The van der Waals surface area contributed by atoms with E-state index < -0.39 is 11.6 Å². The van der Waals surface area contributed by atoms with Gasteiger partial charge in [-0.15, -0.1) is 0 Å². The summed E-state index contributed by atoms with van der Waals surface area (Å²) in [6, 6.07) is 21.2. The second kappa shape index (κ2) is 6.13. The zero-order valence-corrected chi connectivity index (χ0v) is 13.2. The number of ether oxygens (including phenoxy) is 1. The van der Waals surface area contributed by atoms with Gasteiger partial charge in [0.1, 0.15) is 6.07 Å². The summed E-state index contributed by atoms with van der Waals surface area (Å²) in [5.74, 6) is -2.44. The molecule has 0 bridgehead atoms. The van der Waals surface area contributed by atoms with E-state index in [1.54, 1.807) is 0 Å². The third kappa shape index (κ3) is 2.87. The van der Waals surface area contributed by atoms with E-state index in [4.69, 9.17) is 14.5 Å². The highest BCUT2D eigenvalue weighted by molar-refractivity contribution is 5.34. The molecule has 0 spiro atoms. The lowest BCUT2D eigenvalue weighted by Crippen LogP contribution is -2.35. The molecule has 1 aliphatic heterocycles. The fourth-order valence-corrected chi connectivity index (χ4v) is 2.79. The molecule has 1 atom stereocenters. The van der Waals surface area contributed by atoms with E-state index in [0.717, 1.165) is 11.1 Å². The van der Waals surface area contributed by atoms with Crippen LogP contribution in [0.25, 0.3) is 0 Å². The van der Waals surface area contributed by atoms with Crippen LogP contribution in [-0.4, -0.2) is 5.79 Å². The Hall–Kier alpha value is -2.19. The van der Waals surface area contributed by atoms with Crippen molar-refractivity contribution in [2.24, 2.45) is 5.92 Å². The first-order valence-electron chi connectivity index (χ1n) is 7.69. The summed E-state index contributed by atoms with van der Waals surface area (Å²) in [6.07, 6.45) is 0.422. The highest BCUT2D eigenvalue weighted by Gasteiger charge is 2.55. The zero-order chi connectivity index (χ0) is 16.3. The van der Waals surface area contributed by atoms with E-state index in [1.165, 1.54) is 0 Å². The summed E-state index contributed by atoms with van der Waals surface area (Å²) in [5, 5.41) is 9.61. The number of nitrogens with zero attached hydrogens (tertiary/aromatic N) is 1. The smallest absolute Gasteiger partial charge is 0.292 e. The maximum atomic E-state index is 9.61. The maximum absolute atomic E-state index is 9.61. The molecule has 1 aliphatic rings. The summed E-state index contributed by atoms with van der Waals surface area (Å²) < 4.78 is 6.16. The molecule has 0 amide bonds. The molecule has 3 rings (SSSR count). The zero-order valence-electron chi connectivity index (χ0n) is 13.2. The van der Waals surface area contributed by atoms with Crippen molar-refractivity contribution in [1.82, 2.24) is 0 Å². The molecule has 0 N–H and O–H groups in total. The molecule has 23 heavy (non-hydrogen) atoms. The largest absolute Gasteiger partial charge is 0.292 e. The van der Waals surface area contributed by atoms with E-state index in [2.05, 4.69) is 6.07 Å². The minimum Gasteiger partial charge on any atom is -0.292 e. The SMILES string of the molecule is CC(C)CC1(C#N)OOC(c2ccccc2)(c2ccccc2)O1. The van der Waals surface area contributed by atoms with Gasteiger partial charge in [0.25, 0.3) is 11.6 Å². The van der Waals surface area contributed by atoms with Crippen molar-refractivity contribution in [3.05, 3.63) is 71.8 Å². The summed E-state index contributed by atoms with van der Waals surface area (Å²) in [7, 11) is 0. The van der Waals surface area contributed by atoms with Gasteiger partial charge in [-0.3, -0.25) is 4.74 Å². The number of benzene rings is 2. The van der Waals surface area contributed by atoms with Crippen LogP contribution < -0.4 is 0 Å². The van der Waals surface area contributed by atoms with E-state index in [-0.39, 0.29) is 5.92 Å². The van der Waals surface area contributed by atoms with Gasteiger partial charge in [0.05, 0.1) is 0 Å². The van der Waals surface area contributed by atoms with Gasteiger partial charge in [0.2, 0.25) is 0 Å². The lowest BCUT2D eigenvalue weighted by Gasteiger charge is -2.27. The summed E-state index contributed by atoms with van der Waals surface area (Å²) in [4.78, 5) is 11.1. The average molecular weight is 309 g/mol. The lowest BCUT2D eigenvalue weighted by atomic mass is 9.96. The second-order valence-corrected chi connectivity index (χ2v) is 6.08. The molecule has 1 unspecified atom stereocenters. The van der Waals surface area contributed by atoms with Crippen molar-refractivity contribution >= 4 is 0 Å². The molecule has 0 saturated carbocycles. The van der Waals surface area contributed by atoms with Crippen molar-refractivity contribution in [3.8, 4) is 6.07 Å². The molecule has 1 saturated heterocycles. The maximum Gasteiger partial charge on any atom is 0.292 e. The molecule has 4 nitrogen and oxygen atoms in total. The van der Waals surface area contributed by atoms with Gasteiger partial charge in [-0.1, -0.05) is 74.5 Å². The van der Waals surface area contributed by atoms with Crippen LogP contribution in [-0.2, 0) is 20.3 Å². The number of nitriles is 1. The van der Waals surface area contributed by atoms with Crippen LogP contribution in [0.5, 0.6) is 0 Å². The number of hydrogen-bond acceptors (Lipinski definition) is 4. The van der Waals surface area contributed by atoms with Gasteiger partial charge < -0.3 is 0 Å². The topological polar surface area (TPSA) is 51.5 Å². The van der Waals surface area contributed by atoms with E-state index in [0.29, 0.717) is 6.42 Å². The Bertz CT molecular complexity index is 654. The Morgan fingerprint density at radius 3 is 1.87 bits per heavy atom. The molecule has 118 valence electrons. The fourth-order valence-electron chi connectivity index (χ4n) is 2.79. The first-order chi connectivity index (χ1) is 11.1. The number of rotatable bonds is 4. The average Bonchev–Trinajstić information content (AvgIpc) is 2.97. The molecule has 1 heterocycles. The third-order valence-corrected chi connectivity index (χ3v) is 3.76. The van der Waals surface area contributed by atoms with E-state index in [1.807, 2.05) is 74.5 Å². The highest BCUT2D eigenvalue weighted by Crippen LogP contribution is 2.46. The van der Waals surface area contributed by atoms with Crippen LogP contribution in [0, 0.1) is 17.2 Å². The normalized spacial score (nSPS) is 22.9. The molecular formula is C19H19NO3. The minimum atomic E-state index is -1.42. The van der Waals surface area contributed by atoms with Gasteiger partial charge in [-0.25, -0.2) is 0 Å². The van der Waals surface area contributed by atoms with Crippen molar-refractivity contribution in [2.45, 2.75) is 31.8 Å². The van der Waals surface area contributed by atoms with Crippen LogP contribution in [0.1, 0.15) is 31.4 Å². The Balaban J connectivity index is 2.08. The molecule has 0 aromatic heterocycles. The first kappa shape index (κ1) is 15.7. The molecular weight excluding hydrogens is 290 g/mol. The van der Waals surface area contributed by atoms with Crippen molar-refractivity contribution in [1.29, 1.82) is 5.26 Å². The van der Waals surface area contributed by atoms with Gasteiger partial charge in [-0.05, 0) is 5.92 Å². The van der Waals surface area contributed by atoms with Crippen molar-refractivity contribution in [2.75, 3.05) is 0 Å². The summed E-state index contributed by atoms with van der Waals surface area (Å²) >= 11 is 0. The van der Waals surface area contributed by atoms with E-state index >= 15 is 0 Å². The van der Waals surface area contributed by atoms with Crippen molar-refractivity contribution < 1.29 is 14.5 Å². The third-order valence-electron chi connectivity index (χ3n) is 3.76.